The molecule has 4 aliphatic carbocycles. The van der Waals surface area contributed by atoms with E-state index < -0.39 is 0 Å². The normalized spacial score (nSPS) is 43.4. The molecule has 4 nitrogen and oxygen atoms in total. The number of carbonyl (C=O) groups is 2. The Bertz CT molecular complexity index is 697. The first-order valence-electron chi connectivity index (χ1n) is 11.9. The van der Waals surface area contributed by atoms with Crippen LogP contribution in [0.4, 0.5) is 0 Å². The summed E-state index contributed by atoms with van der Waals surface area (Å²) in [4.78, 5) is 23.7. The standard InChI is InChI=1S/C25H38O4/c1-5-22(26)28-17-11-13-24(3)16(15-17)7-8-18-19-9-10-21(29-23(27)6-2)25(19,4)14-12-20(18)24/h7,17-21H,5-6,8-15H2,1-4H3/t17-,18-,19-,20-,21-,24-,25-/m0/s1. The molecule has 0 N–H and O–H groups in total. The van der Waals surface area contributed by atoms with Gasteiger partial charge in [-0.2, -0.15) is 0 Å². The minimum absolute atomic E-state index is 0.0447. The number of ether oxygens (including phenoxy) is 2. The highest BCUT2D eigenvalue weighted by atomic mass is 16.5. The largest absolute Gasteiger partial charge is 0.462 e. The van der Waals surface area contributed by atoms with Gasteiger partial charge in [0.1, 0.15) is 12.2 Å². The first-order valence-corrected chi connectivity index (χ1v) is 11.9. The van der Waals surface area contributed by atoms with Crippen LogP contribution in [0.5, 0.6) is 0 Å². The van der Waals surface area contributed by atoms with Gasteiger partial charge in [-0.05, 0) is 68.1 Å². The van der Waals surface area contributed by atoms with Crippen molar-refractivity contribution in [2.75, 3.05) is 0 Å². The summed E-state index contributed by atoms with van der Waals surface area (Å²) >= 11 is 0. The second kappa shape index (κ2) is 7.74. The van der Waals surface area contributed by atoms with Gasteiger partial charge in [-0.15, -0.1) is 0 Å². The first-order chi connectivity index (χ1) is 13.8. The lowest BCUT2D eigenvalue weighted by atomic mass is 9.48. The van der Waals surface area contributed by atoms with Crippen LogP contribution in [0, 0.1) is 28.6 Å². The van der Waals surface area contributed by atoms with Crippen molar-refractivity contribution in [1.29, 1.82) is 0 Å². The van der Waals surface area contributed by atoms with Crippen LogP contribution >= 0.6 is 0 Å². The Balaban J connectivity index is 1.51. The van der Waals surface area contributed by atoms with Crippen LogP contribution in [0.25, 0.3) is 0 Å². The molecular weight excluding hydrogens is 364 g/mol. The summed E-state index contributed by atoms with van der Waals surface area (Å²) in [5, 5.41) is 0. The Hall–Kier alpha value is -1.32. The maximum absolute atomic E-state index is 12.0. The Kier molecular flexibility index (Phi) is 5.59. The predicted octanol–water partition coefficient (Wildman–Crippen LogP) is 5.59. The van der Waals surface area contributed by atoms with Crippen LogP contribution in [-0.4, -0.2) is 24.1 Å². The third kappa shape index (κ3) is 3.45. The zero-order valence-electron chi connectivity index (χ0n) is 18.7. The van der Waals surface area contributed by atoms with Crippen LogP contribution in [0.2, 0.25) is 0 Å². The molecule has 0 amide bonds. The van der Waals surface area contributed by atoms with E-state index in [9.17, 15) is 9.59 Å². The van der Waals surface area contributed by atoms with E-state index in [-0.39, 0.29) is 35.0 Å². The van der Waals surface area contributed by atoms with Gasteiger partial charge in [0, 0.05) is 24.7 Å². The van der Waals surface area contributed by atoms with E-state index in [0.717, 1.165) is 38.5 Å². The highest BCUT2D eigenvalue weighted by Crippen LogP contribution is 2.65. The summed E-state index contributed by atoms with van der Waals surface area (Å²) in [5.41, 5.74) is 1.92. The third-order valence-corrected chi connectivity index (χ3v) is 9.12. The lowest BCUT2D eigenvalue weighted by molar-refractivity contribution is -0.159. The molecule has 0 unspecified atom stereocenters. The molecular formula is C25H38O4. The van der Waals surface area contributed by atoms with Crippen molar-refractivity contribution < 1.29 is 19.1 Å². The lowest BCUT2D eigenvalue weighted by Crippen LogP contribution is -2.51. The molecule has 4 aliphatic rings. The summed E-state index contributed by atoms with van der Waals surface area (Å²) < 4.78 is 11.6. The summed E-state index contributed by atoms with van der Waals surface area (Å²) in [5.74, 6) is 1.95. The number of fused-ring (bicyclic) bond motifs is 5. The Morgan fingerprint density at radius 2 is 1.69 bits per heavy atom. The van der Waals surface area contributed by atoms with Crippen LogP contribution in [0.15, 0.2) is 11.6 Å². The number of carbonyl (C=O) groups excluding carboxylic acids is 2. The van der Waals surface area contributed by atoms with Gasteiger partial charge in [0.05, 0.1) is 0 Å². The third-order valence-electron chi connectivity index (χ3n) is 9.12. The van der Waals surface area contributed by atoms with Crippen molar-refractivity contribution in [3.8, 4) is 0 Å². The second-order valence-corrected chi connectivity index (χ2v) is 10.4. The molecule has 3 fully saturated rings. The summed E-state index contributed by atoms with van der Waals surface area (Å²) in [6.07, 6.45) is 12.4. The SMILES string of the molecule is CCC(=O)O[C@H]1CC[C@@]2(C)C(=CC[C@H]3[C@@H]4CC[C@H](OC(=O)CC)[C@@]4(C)CC[C@@H]32)C1. The maximum atomic E-state index is 12.0. The number of esters is 2. The molecule has 7 atom stereocenters. The van der Waals surface area contributed by atoms with Gasteiger partial charge in [-0.1, -0.05) is 39.3 Å². The van der Waals surface area contributed by atoms with Crippen LogP contribution in [0.3, 0.4) is 0 Å². The van der Waals surface area contributed by atoms with Crippen molar-refractivity contribution in [2.24, 2.45) is 28.6 Å². The molecule has 0 heterocycles. The highest BCUT2D eigenvalue weighted by molar-refractivity contribution is 5.69. The minimum atomic E-state index is -0.0695. The van der Waals surface area contributed by atoms with Gasteiger partial charge >= 0.3 is 11.9 Å². The highest BCUT2D eigenvalue weighted by Gasteiger charge is 2.59. The smallest absolute Gasteiger partial charge is 0.305 e. The van der Waals surface area contributed by atoms with Crippen LogP contribution in [0.1, 0.15) is 91.9 Å². The Morgan fingerprint density at radius 1 is 0.966 bits per heavy atom. The quantitative estimate of drug-likeness (QED) is 0.454. The fourth-order valence-corrected chi connectivity index (χ4v) is 7.38. The van der Waals surface area contributed by atoms with Crippen molar-refractivity contribution in [2.45, 2.75) is 104 Å². The van der Waals surface area contributed by atoms with E-state index >= 15 is 0 Å². The summed E-state index contributed by atoms with van der Waals surface area (Å²) in [6, 6.07) is 0. The molecule has 0 bridgehead atoms. The van der Waals surface area contributed by atoms with Crippen molar-refractivity contribution in [1.82, 2.24) is 0 Å². The molecule has 0 aromatic heterocycles. The average Bonchev–Trinajstić information content (AvgIpc) is 3.04. The second-order valence-electron chi connectivity index (χ2n) is 10.4. The van der Waals surface area contributed by atoms with Gasteiger partial charge in [0.25, 0.3) is 0 Å². The topological polar surface area (TPSA) is 52.6 Å². The molecule has 4 heteroatoms. The van der Waals surface area contributed by atoms with Crippen LogP contribution in [-0.2, 0) is 19.1 Å². The van der Waals surface area contributed by atoms with E-state index in [0.29, 0.717) is 30.6 Å². The predicted molar refractivity (Wildman–Crippen MR) is 112 cm³/mol. The van der Waals surface area contributed by atoms with Crippen molar-refractivity contribution in [3.05, 3.63) is 11.6 Å². The van der Waals surface area contributed by atoms with E-state index in [2.05, 4.69) is 19.9 Å². The van der Waals surface area contributed by atoms with E-state index in [1.165, 1.54) is 18.4 Å². The zero-order chi connectivity index (χ0) is 20.8. The van der Waals surface area contributed by atoms with Gasteiger partial charge in [-0.3, -0.25) is 9.59 Å². The molecule has 0 aliphatic heterocycles. The average molecular weight is 403 g/mol. The zero-order valence-corrected chi connectivity index (χ0v) is 18.7. The molecule has 3 saturated carbocycles. The van der Waals surface area contributed by atoms with Crippen LogP contribution < -0.4 is 0 Å². The van der Waals surface area contributed by atoms with Gasteiger partial charge in [0.15, 0.2) is 0 Å². The minimum Gasteiger partial charge on any atom is -0.462 e. The van der Waals surface area contributed by atoms with Gasteiger partial charge in [0.2, 0.25) is 0 Å². The summed E-state index contributed by atoms with van der Waals surface area (Å²) in [7, 11) is 0. The number of allylic oxidation sites excluding steroid dienone is 1. The molecule has 0 radical (unpaired) electrons. The molecule has 0 spiro atoms. The fraction of sp³-hybridized carbons (Fsp3) is 0.840. The summed E-state index contributed by atoms with van der Waals surface area (Å²) in [6.45, 7) is 8.61. The monoisotopic (exact) mass is 402 g/mol. The maximum Gasteiger partial charge on any atom is 0.305 e. The lowest BCUT2D eigenvalue weighted by Gasteiger charge is -2.57. The molecule has 0 aromatic rings. The van der Waals surface area contributed by atoms with Crippen molar-refractivity contribution in [3.63, 3.8) is 0 Å². The number of hydrogen-bond donors (Lipinski definition) is 0. The molecule has 162 valence electrons. The Labute approximate surface area is 175 Å². The van der Waals surface area contributed by atoms with Crippen molar-refractivity contribution >= 4 is 11.9 Å². The number of hydrogen-bond acceptors (Lipinski definition) is 4. The molecule has 0 saturated heterocycles. The van der Waals surface area contributed by atoms with E-state index in [1.807, 2.05) is 13.8 Å². The molecule has 0 aromatic carbocycles. The number of rotatable bonds is 4. The van der Waals surface area contributed by atoms with E-state index in [4.69, 9.17) is 9.47 Å². The van der Waals surface area contributed by atoms with Gasteiger partial charge < -0.3 is 9.47 Å². The fourth-order valence-electron chi connectivity index (χ4n) is 7.38. The molecule has 29 heavy (non-hydrogen) atoms. The Morgan fingerprint density at radius 3 is 2.41 bits per heavy atom. The van der Waals surface area contributed by atoms with Gasteiger partial charge in [-0.25, -0.2) is 0 Å². The molecule has 4 rings (SSSR count). The van der Waals surface area contributed by atoms with E-state index in [1.54, 1.807) is 0 Å². The first kappa shape index (κ1) is 20.9.